The molecule has 2 N–H and O–H groups in total. The molecule has 5 rings (SSSR count). The van der Waals surface area contributed by atoms with Crippen LogP contribution in [0, 0.1) is 23.2 Å². The number of esters is 1. The van der Waals surface area contributed by atoms with E-state index in [0.29, 0.717) is 29.4 Å². The number of ether oxygens (including phenoxy) is 1. The highest BCUT2D eigenvalue weighted by atomic mass is 16.6. The third-order valence-electron chi connectivity index (χ3n) is 10.3. The second kappa shape index (κ2) is 9.48. The molecular weight excluding hydrogens is 424 g/mol. The van der Waals surface area contributed by atoms with Crippen molar-refractivity contribution >= 4 is 5.97 Å². The van der Waals surface area contributed by atoms with Gasteiger partial charge in [0.05, 0.1) is 6.42 Å². The van der Waals surface area contributed by atoms with Crippen LogP contribution in [0.25, 0.3) is 0 Å². The van der Waals surface area contributed by atoms with Gasteiger partial charge in [-0.1, -0.05) is 71.3 Å². The molecular formula is C30H44O4. The molecule has 4 heteroatoms. The number of hydrogen-bond acceptors (Lipinski definition) is 4. The molecule has 1 saturated heterocycles. The van der Waals surface area contributed by atoms with E-state index in [-0.39, 0.29) is 23.9 Å². The monoisotopic (exact) mass is 468 g/mol. The fourth-order valence-corrected chi connectivity index (χ4v) is 8.65. The number of aryl methyl sites for hydroxylation is 1. The van der Waals surface area contributed by atoms with Gasteiger partial charge in [0.1, 0.15) is 17.5 Å². The average Bonchev–Trinajstić information content (AvgIpc) is 3.21. The first-order valence-corrected chi connectivity index (χ1v) is 14.1. The minimum absolute atomic E-state index is 0.164. The molecule has 0 radical (unpaired) electrons. The quantitative estimate of drug-likeness (QED) is 0.314. The Morgan fingerprint density at radius 3 is 2.59 bits per heavy atom. The van der Waals surface area contributed by atoms with Gasteiger partial charge in [-0.25, -0.2) is 0 Å². The van der Waals surface area contributed by atoms with Crippen LogP contribution >= 0.6 is 0 Å². The van der Waals surface area contributed by atoms with Crippen molar-refractivity contribution in [2.45, 2.75) is 121 Å². The molecule has 1 unspecified atom stereocenters. The number of carbonyl (C=O) groups is 1. The molecule has 34 heavy (non-hydrogen) atoms. The van der Waals surface area contributed by atoms with Gasteiger partial charge >= 0.3 is 5.97 Å². The van der Waals surface area contributed by atoms with E-state index in [9.17, 15) is 15.0 Å². The summed E-state index contributed by atoms with van der Waals surface area (Å²) >= 11 is 0. The van der Waals surface area contributed by atoms with Gasteiger partial charge in [-0.15, -0.1) is 0 Å². The number of hydrogen-bond donors (Lipinski definition) is 2. The molecule has 3 aliphatic carbocycles. The van der Waals surface area contributed by atoms with E-state index in [4.69, 9.17) is 4.74 Å². The van der Waals surface area contributed by atoms with Crippen LogP contribution in [0.4, 0.5) is 0 Å². The fourth-order valence-electron chi connectivity index (χ4n) is 8.65. The lowest BCUT2D eigenvalue weighted by molar-refractivity contribution is -0.142. The molecule has 4 aliphatic rings. The van der Waals surface area contributed by atoms with Crippen molar-refractivity contribution in [3.05, 3.63) is 29.3 Å². The molecule has 4 nitrogen and oxygen atoms in total. The van der Waals surface area contributed by atoms with Crippen molar-refractivity contribution < 1.29 is 19.7 Å². The zero-order chi connectivity index (χ0) is 23.9. The molecule has 7 atom stereocenters. The Hall–Kier alpha value is -1.55. The highest BCUT2D eigenvalue weighted by Crippen LogP contribution is 2.68. The normalized spacial score (nSPS) is 38.1. The summed E-state index contributed by atoms with van der Waals surface area (Å²) in [6.45, 7) is 4.53. The van der Waals surface area contributed by atoms with Crippen molar-refractivity contribution in [3.63, 3.8) is 0 Å². The first-order chi connectivity index (χ1) is 16.4. The van der Waals surface area contributed by atoms with E-state index in [0.717, 1.165) is 25.7 Å². The SMILES string of the molecule is CCCCCCCCCC[C@H]1C[C@@]2(C)[C@@H](CC3OC(=O)C[C@@]32O)[C@@H]2CCc3cc(O)ccc3[C@@H]12. The fraction of sp³-hybridized carbons (Fsp3) is 0.767. The van der Waals surface area contributed by atoms with Gasteiger partial charge in [-0.3, -0.25) is 4.79 Å². The van der Waals surface area contributed by atoms with E-state index >= 15 is 0 Å². The van der Waals surface area contributed by atoms with Gasteiger partial charge in [0.15, 0.2) is 0 Å². The highest BCUT2D eigenvalue weighted by molar-refractivity contribution is 5.74. The third kappa shape index (κ3) is 3.98. The van der Waals surface area contributed by atoms with Crippen molar-refractivity contribution in [2.24, 2.45) is 23.2 Å². The standard InChI is InChI=1S/C30H44O4/c1-3-4-5-6-7-8-9-10-11-21-18-29(2)25(17-26-30(29,33)19-27(32)34-26)24-14-12-20-16-22(31)13-15-23(20)28(21)24/h13,15-16,21,24-26,28,31,33H,3-12,14,17-19H2,1-2H3/t21-,24-,25-,26?,28+,29-,30+/m0/s1. The van der Waals surface area contributed by atoms with Gasteiger partial charge in [-0.2, -0.15) is 0 Å². The first kappa shape index (κ1) is 24.2. The first-order valence-electron chi connectivity index (χ1n) is 14.1. The number of fused-ring (bicyclic) bond motifs is 7. The minimum Gasteiger partial charge on any atom is -0.508 e. The number of rotatable bonds is 9. The van der Waals surface area contributed by atoms with Gasteiger partial charge in [0.2, 0.25) is 0 Å². The molecule has 1 aromatic rings. The number of phenols is 1. The van der Waals surface area contributed by atoms with E-state index in [1.54, 1.807) is 0 Å². The number of unbranched alkanes of at least 4 members (excludes halogenated alkanes) is 7. The second-order valence-electron chi connectivity index (χ2n) is 12.2. The summed E-state index contributed by atoms with van der Waals surface area (Å²) in [5.74, 6) is 2.05. The predicted octanol–water partition coefficient (Wildman–Crippen LogP) is 6.66. The van der Waals surface area contributed by atoms with Crippen molar-refractivity contribution in [1.82, 2.24) is 0 Å². The van der Waals surface area contributed by atoms with Crippen LogP contribution in [0.5, 0.6) is 5.75 Å². The Morgan fingerprint density at radius 1 is 1.09 bits per heavy atom. The Morgan fingerprint density at radius 2 is 1.82 bits per heavy atom. The van der Waals surface area contributed by atoms with Crippen molar-refractivity contribution in [2.75, 3.05) is 0 Å². The number of carbonyl (C=O) groups excluding carboxylic acids is 1. The second-order valence-corrected chi connectivity index (χ2v) is 12.2. The van der Waals surface area contributed by atoms with Crippen LogP contribution in [-0.2, 0) is 16.0 Å². The Labute approximate surface area is 205 Å². The molecule has 188 valence electrons. The van der Waals surface area contributed by atoms with E-state index in [2.05, 4.69) is 19.9 Å². The molecule has 0 spiro atoms. The number of aromatic hydroxyl groups is 1. The lowest BCUT2D eigenvalue weighted by Gasteiger charge is -2.56. The molecule has 3 fully saturated rings. The molecule has 0 amide bonds. The molecule has 1 aliphatic heterocycles. The maximum atomic E-state index is 12.2. The molecule has 2 saturated carbocycles. The Bertz CT molecular complexity index is 896. The van der Waals surface area contributed by atoms with E-state index < -0.39 is 5.60 Å². The summed E-state index contributed by atoms with van der Waals surface area (Å²) in [7, 11) is 0. The Kier molecular flexibility index (Phi) is 6.74. The summed E-state index contributed by atoms with van der Waals surface area (Å²) in [6.07, 6.45) is 15.5. The van der Waals surface area contributed by atoms with Crippen LogP contribution in [0.2, 0.25) is 0 Å². The largest absolute Gasteiger partial charge is 0.508 e. The number of aliphatic hydroxyl groups is 1. The van der Waals surface area contributed by atoms with Gasteiger partial charge in [-0.05, 0) is 79.0 Å². The predicted molar refractivity (Wildman–Crippen MR) is 134 cm³/mol. The summed E-state index contributed by atoms with van der Waals surface area (Å²) in [5, 5.41) is 21.9. The van der Waals surface area contributed by atoms with Gasteiger partial charge in [0, 0.05) is 5.41 Å². The zero-order valence-corrected chi connectivity index (χ0v) is 21.2. The number of phenolic OH excluding ortho intramolecular Hbond substituents is 1. The lowest BCUT2D eigenvalue weighted by atomic mass is 9.49. The molecule has 1 aromatic carbocycles. The maximum Gasteiger partial charge on any atom is 0.309 e. The van der Waals surface area contributed by atoms with Crippen LogP contribution in [0.3, 0.4) is 0 Å². The summed E-state index contributed by atoms with van der Waals surface area (Å²) in [6, 6.07) is 6.02. The van der Waals surface area contributed by atoms with Crippen LogP contribution in [0.15, 0.2) is 18.2 Å². The maximum absolute atomic E-state index is 12.2. The smallest absolute Gasteiger partial charge is 0.309 e. The molecule has 1 heterocycles. The Balaban J connectivity index is 1.35. The average molecular weight is 469 g/mol. The highest BCUT2D eigenvalue weighted by Gasteiger charge is 2.71. The lowest BCUT2D eigenvalue weighted by Crippen LogP contribution is -2.54. The zero-order valence-electron chi connectivity index (χ0n) is 21.2. The molecule has 0 bridgehead atoms. The van der Waals surface area contributed by atoms with Crippen molar-refractivity contribution in [1.29, 1.82) is 0 Å². The van der Waals surface area contributed by atoms with Crippen molar-refractivity contribution in [3.8, 4) is 5.75 Å². The topological polar surface area (TPSA) is 66.8 Å². The van der Waals surface area contributed by atoms with E-state index in [1.165, 1.54) is 68.9 Å². The van der Waals surface area contributed by atoms with Crippen LogP contribution in [-0.4, -0.2) is 27.9 Å². The minimum atomic E-state index is -1.01. The van der Waals surface area contributed by atoms with Crippen LogP contribution in [0.1, 0.15) is 114 Å². The van der Waals surface area contributed by atoms with E-state index in [1.807, 2.05) is 12.1 Å². The third-order valence-corrected chi connectivity index (χ3v) is 10.3. The summed E-state index contributed by atoms with van der Waals surface area (Å²) in [5.41, 5.74) is 1.48. The van der Waals surface area contributed by atoms with Crippen LogP contribution < -0.4 is 0 Å². The number of benzene rings is 1. The summed E-state index contributed by atoms with van der Waals surface area (Å²) < 4.78 is 5.68. The summed E-state index contributed by atoms with van der Waals surface area (Å²) in [4.78, 5) is 12.2. The van der Waals surface area contributed by atoms with Gasteiger partial charge in [0.25, 0.3) is 0 Å². The van der Waals surface area contributed by atoms with Gasteiger partial charge < -0.3 is 14.9 Å². The molecule has 0 aromatic heterocycles.